The first-order chi connectivity index (χ1) is 8.16. The van der Waals surface area contributed by atoms with Crippen LogP contribution in [0.3, 0.4) is 0 Å². The third-order valence-corrected chi connectivity index (χ3v) is 2.51. The van der Waals surface area contributed by atoms with E-state index in [9.17, 15) is 0 Å². The summed E-state index contributed by atoms with van der Waals surface area (Å²) >= 11 is 0. The van der Waals surface area contributed by atoms with Gasteiger partial charge in [0.25, 0.3) is 0 Å². The Morgan fingerprint density at radius 3 is 2.00 bits per heavy atom. The number of nitrogens with zero attached hydrogens (tertiary/aromatic N) is 2. The van der Waals surface area contributed by atoms with E-state index in [4.69, 9.17) is 17.2 Å². The van der Waals surface area contributed by atoms with Crippen molar-refractivity contribution in [2.45, 2.75) is 58.3 Å². The van der Waals surface area contributed by atoms with Crippen LogP contribution >= 0.6 is 0 Å². The Morgan fingerprint density at radius 1 is 0.941 bits per heavy atom. The number of hydrogen-bond acceptors (Lipinski definition) is 1. The van der Waals surface area contributed by atoms with Gasteiger partial charge in [-0.3, -0.25) is 0 Å². The van der Waals surface area contributed by atoms with Crippen molar-refractivity contribution < 1.29 is 0 Å². The molecule has 0 aliphatic heterocycles. The van der Waals surface area contributed by atoms with Crippen LogP contribution in [0.2, 0.25) is 0 Å². The van der Waals surface area contributed by atoms with Crippen LogP contribution in [0.15, 0.2) is 9.98 Å². The van der Waals surface area contributed by atoms with Gasteiger partial charge in [-0.05, 0) is 13.0 Å². The van der Waals surface area contributed by atoms with Gasteiger partial charge < -0.3 is 27.2 Å². The Morgan fingerprint density at radius 2 is 1.47 bits per heavy atom. The van der Waals surface area contributed by atoms with Crippen molar-refractivity contribution in [3.05, 3.63) is 5.73 Å². The topological polar surface area (TPSA) is 101 Å². The monoisotopic (exact) mass is 240 g/mol. The molecule has 100 valence electrons. The molecule has 17 heavy (non-hydrogen) atoms. The lowest BCUT2D eigenvalue weighted by Gasteiger charge is -2.05. The molecule has 0 atom stereocenters. The molecule has 0 heterocycles. The minimum Gasteiger partial charge on any atom is -0.411 e. The van der Waals surface area contributed by atoms with Crippen LogP contribution in [0, 0.1) is 0 Å². The second-order valence-electron chi connectivity index (χ2n) is 4.22. The minimum atomic E-state index is -0.102. The largest absolute Gasteiger partial charge is 0.411 e. The molecule has 0 rings (SSSR count). The molecule has 0 fully saturated rings. The Kier molecular flexibility index (Phi) is 10.4. The van der Waals surface area contributed by atoms with Gasteiger partial charge in [-0.25, -0.2) is 0 Å². The van der Waals surface area contributed by atoms with Crippen molar-refractivity contribution in [1.82, 2.24) is 0 Å². The summed E-state index contributed by atoms with van der Waals surface area (Å²) in [5.74, 6) is -0.178. The maximum atomic E-state index is 7.30. The van der Waals surface area contributed by atoms with Gasteiger partial charge >= 0.3 is 0 Å². The molecule has 0 amide bonds. The molecule has 5 heteroatoms. The van der Waals surface area contributed by atoms with Gasteiger partial charge in [-0.15, -0.1) is 0 Å². The van der Waals surface area contributed by atoms with Crippen molar-refractivity contribution in [3.8, 4) is 0 Å². The first-order valence-electron chi connectivity index (χ1n) is 6.52. The van der Waals surface area contributed by atoms with E-state index in [2.05, 4.69) is 16.9 Å². The molecule has 0 aromatic rings. The first kappa shape index (κ1) is 15.7. The van der Waals surface area contributed by atoms with Crippen molar-refractivity contribution >= 4 is 11.9 Å². The normalized spacial score (nSPS) is 11.5. The van der Waals surface area contributed by atoms with Crippen molar-refractivity contribution in [2.24, 2.45) is 21.5 Å². The summed E-state index contributed by atoms with van der Waals surface area (Å²) in [6, 6.07) is 0. The van der Waals surface area contributed by atoms with Crippen LogP contribution in [0.5, 0.6) is 0 Å². The fourth-order valence-corrected chi connectivity index (χ4v) is 1.59. The molecule has 5 N–H and O–H groups in total. The maximum Gasteiger partial charge on any atom is 0.118 e. The van der Waals surface area contributed by atoms with E-state index in [1.165, 1.54) is 44.9 Å². The van der Waals surface area contributed by atoms with Crippen LogP contribution in [0.4, 0.5) is 0 Å². The van der Waals surface area contributed by atoms with Gasteiger partial charge in [0.1, 0.15) is 5.96 Å². The molecule has 0 bridgehead atoms. The summed E-state index contributed by atoms with van der Waals surface area (Å²) in [6.07, 6.45) is 10.1. The van der Waals surface area contributed by atoms with Crippen LogP contribution < -0.4 is 11.5 Å². The third kappa shape index (κ3) is 12.7. The summed E-state index contributed by atoms with van der Waals surface area (Å²) in [7, 11) is 0. The summed E-state index contributed by atoms with van der Waals surface area (Å²) in [6.45, 7) is 2.87. The number of hydrogen-bond donors (Lipinski definition) is 2. The average molecular weight is 240 g/mol. The number of aliphatic imine (C=N–C) groups is 2. The molecule has 0 unspecified atom stereocenters. The van der Waals surface area contributed by atoms with Crippen molar-refractivity contribution in [3.63, 3.8) is 0 Å². The Bertz CT molecular complexity index is 231. The highest BCUT2D eigenvalue weighted by Crippen LogP contribution is 2.08. The lowest BCUT2D eigenvalue weighted by molar-refractivity contribution is 0.578. The summed E-state index contributed by atoms with van der Waals surface area (Å²) in [5.41, 5.74) is 17.6. The highest BCUT2D eigenvalue weighted by Gasteiger charge is 1.89. The number of guanidine groups is 2. The van der Waals surface area contributed by atoms with E-state index in [0.29, 0.717) is 6.54 Å². The van der Waals surface area contributed by atoms with Gasteiger partial charge in [-0.2, -0.15) is 0 Å². The van der Waals surface area contributed by atoms with Gasteiger partial charge in [0.05, 0.1) is 0 Å². The maximum absolute atomic E-state index is 7.30. The minimum absolute atomic E-state index is 0.0760. The predicted octanol–water partition coefficient (Wildman–Crippen LogP) is 2.81. The number of unbranched alkanes of at least 4 members (excludes halogenated alkanes) is 7. The summed E-state index contributed by atoms with van der Waals surface area (Å²) in [5, 5.41) is 0. The molecular formula is C12H26N5-. The van der Waals surface area contributed by atoms with E-state index in [1.807, 2.05) is 0 Å². The molecule has 0 aliphatic carbocycles. The van der Waals surface area contributed by atoms with E-state index in [-0.39, 0.29) is 11.9 Å². The molecule has 0 saturated carbocycles. The molecule has 5 nitrogen and oxygen atoms in total. The molecule has 0 aromatic heterocycles. The SMILES string of the molecule is CCCCCCCCCCN=C([NH-])N=C(N)N. The fraction of sp³-hybridized carbons (Fsp3) is 0.833. The highest BCUT2D eigenvalue weighted by atomic mass is 15.1. The number of nitrogens with two attached hydrogens (primary N) is 2. The Balaban J connectivity index is 3.31. The van der Waals surface area contributed by atoms with E-state index in [1.54, 1.807) is 0 Å². The third-order valence-electron chi connectivity index (χ3n) is 2.51. The molecule has 0 aromatic carbocycles. The lowest BCUT2D eigenvalue weighted by atomic mass is 10.1. The van der Waals surface area contributed by atoms with Gasteiger partial charge in [0, 0.05) is 5.96 Å². The van der Waals surface area contributed by atoms with Crippen LogP contribution in [-0.4, -0.2) is 18.5 Å². The van der Waals surface area contributed by atoms with E-state index < -0.39 is 0 Å². The highest BCUT2D eigenvalue weighted by molar-refractivity contribution is 5.97. The fourth-order valence-electron chi connectivity index (χ4n) is 1.59. The number of rotatable bonds is 9. The molecular weight excluding hydrogens is 214 g/mol. The van der Waals surface area contributed by atoms with Crippen molar-refractivity contribution in [1.29, 1.82) is 0 Å². The van der Waals surface area contributed by atoms with E-state index >= 15 is 0 Å². The smallest absolute Gasteiger partial charge is 0.118 e. The second-order valence-corrected chi connectivity index (χ2v) is 4.22. The zero-order valence-electron chi connectivity index (χ0n) is 10.9. The average Bonchev–Trinajstić information content (AvgIpc) is 2.26. The zero-order valence-corrected chi connectivity index (χ0v) is 10.9. The van der Waals surface area contributed by atoms with E-state index in [0.717, 1.165) is 6.42 Å². The summed E-state index contributed by atoms with van der Waals surface area (Å²) < 4.78 is 0. The molecule has 0 radical (unpaired) electrons. The Labute approximate surface area is 105 Å². The Hall–Kier alpha value is -1.26. The summed E-state index contributed by atoms with van der Waals surface area (Å²) in [4.78, 5) is 7.48. The van der Waals surface area contributed by atoms with Crippen LogP contribution in [-0.2, 0) is 0 Å². The standard InChI is InChI=1S/C12H26N5/c1-2-3-4-5-6-7-8-9-10-16-12(15)17-11(13)14/h2-10H2,1H3,(H5-,13,14,15,16,17)/q-1. The second kappa shape index (κ2) is 11.2. The molecule has 0 saturated heterocycles. The lowest BCUT2D eigenvalue weighted by Crippen LogP contribution is -2.23. The zero-order chi connectivity index (χ0) is 12.9. The van der Waals surface area contributed by atoms with Gasteiger partial charge in [0.15, 0.2) is 0 Å². The van der Waals surface area contributed by atoms with Gasteiger partial charge in [0.2, 0.25) is 0 Å². The molecule has 0 spiro atoms. The molecule has 0 aliphatic rings. The van der Waals surface area contributed by atoms with Crippen LogP contribution in [0.25, 0.3) is 5.73 Å². The first-order valence-corrected chi connectivity index (χ1v) is 6.52. The van der Waals surface area contributed by atoms with Crippen LogP contribution in [0.1, 0.15) is 58.3 Å². The number of nitrogens with one attached hydrogen (secondary N) is 1. The van der Waals surface area contributed by atoms with Crippen molar-refractivity contribution in [2.75, 3.05) is 6.54 Å². The van der Waals surface area contributed by atoms with Gasteiger partial charge in [-0.1, -0.05) is 51.9 Å². The quantitative estimate of drug-likeness (QED) is 0.368. The predicted molar refractivity (Wildman–Crippen MR) is 75.0 cm³/mol.